The van der Waals surface area contributed by atoms with Crippen LogP contribution >= 0.6 is 0 Å². The van der Waals surface area contributed by atoms with Crippen molar-refractivity contribution in [1.82, 2.24) is 10.2 Å². The minimum absolute atomic E-state index is 0.0523. The van der Waals surface area contributed by atoms with Crippen molar-refractivity contribution < 1.29 is 31.1 Å². The number of amides is 1. The molecule has 0 bridgehead atoms. The summed E-state index contributed by atoms with van der Waals surface area (Å²) in [5.74, 6) is -0.394. The summed E-state index contributed by atoms with van der Waals surface area (Å²) in [6, 6.07) is -1.49. The Balaban J connectivity index is 2.03. The van der Waals surface area contributed by atoms with E-state index in [-0.39, 0.29) is 30.9 Å². The molecule has 1 fully saturated rings. The first-order valence-electron chi connectivity index (χ1n) is 8.08. The predicted molar refractivity (Wildman–Crippen MR) is 85.6 cm³/mol. The van der Waals surface area contributed by atoms with Crippen LogP contribution in [0.25, 0.3) is 0 Å². The van der Waals surface area contributed by atoms with E-state index in [2.05, 4.69) is 15.3 Å². The third-order valence-electron chi connectivity index (χ3n) is 4.63. The van der Waals surface area contributed by atoms with Crippen LogP contribution in [0.4, 0.5) is 26.3 Å². The molecule has 0 spiro atoms. The molecule has 1 aliphatic carbocycles. The topological polar surface area (TPSA) is 57.1 Å². The van der Waals surface area contributed by atoms with Crippen molar-refractivity contribution >= 4 is 17.5 Å². The number of hydrogen-bond acceptors (Lipinski definition) is 4. The quantitative estimate of drug-likeness (QED) is 0.732. The third kappa shape index (κ3) is 3.52. The van der Waals surface area contributed by atoms with Gasteiger partial charge in [-0.1, -0.05) is 0 Å². The molecule has 0 aromatic heterocycles. The number of hydrogen-bond donors (Lipinski definition) is 1. The first-order chi connectivity index (χ1) is 12.3. The van der Waals surface area contributed by atoms with E-state index in [4.69, 9.17) is 0 Å². The summed E-state index contributed by atoms with van der Waals surface area (Å²) < 4.78 is 79.0. The van der Waals surface area contributed by atoms with Crippen LogP contribution in [0.5, 0.6) is 0 Å². The van der Waals surface area contributed by atoms with Crippen molar-refractivity contribution in [3.63, 3.8) is 0 Å². The highest BCUT2D eigenvalue weighted by molar-refractivity contribution is 6.19. The van der Waals surface area contributed by atoms with Gasteiger partial charge in [0.1, 0.15) is 11.9 Å². The molecular weight excluding hydrogens is 378 g/mol. The van der Waals surface area contributed by atoms with Gasteiger partial charge in [0, 0.05) is 13.1 Å². The van der Waals surface area contributed by atoms with Gasteiger partial charge in [-0.3, -0.25) is 9.79 Å². The number of alkyl halides is 6. The molecular formula is C16H16F6N4O. The fourth-order valence-electron chi connectivity index (χ4n) is 3.20. The number of halogens is 6. The maximum absolute atomic E-state index is 13.3. The summed E-state index contributed by atoms with van der Waals surface area (Å²) in [7, 11) is 0. The van der Waals surface area contributed by atoms with Gasteiger partial charge in [0.25, 0.3) is 0 Å². The minimum Gasteiger partial charge on any atom is -0.328 e. The molecule has 1 saturated heterocycles. The van der Waals surface area contributed by atoms with E-state index >= 15 is 0 Å². The largest absolute Gasteiger partial charge is 0.418 e. The Kier molecular flexibility index (Phi) is 4.48. The van der Waals surface area contributed by atoms with Crippen molar-refractivity contribution in [1.29, 1.82) is 0 Å². The zero-order chi connectivity index (χ0) is 20.2. The van der Waals surface area contributed by atoms with Crippen LogP contribution in [0.2, 0.25) is 0 Å². The molecule has 0 saturated carbocycles. The summed E-state index contributed by atoms with van der Waals surface area (Å²) in [5.41, 5.74) is -4.63. The zero-order valence-corrected chi connectivity index (χ0v) is 14.4. The molecule has 11 heteroatoms. The number of allylic oxidation sites excluding steroid dienone is 2. The third-order valence-corrected chi connectivity index (χ3v) is 4.63. The van der Waals surface area contributed by atoms with Crippen LogP contribution in [0.15, 0.2) is 33.3 Å². The molecule has 27 heavy (non-hydrogen) atoms. The second-order valence-electron chi connectivity index (χ2n) is 6.85. The van der Waals surface area contributed by atoms with Gasteiger partial charge in [0.15, 0.2) is 0 Å². The van der Waals surface area contributed by atoms with Gasteiger partial charge in [0.2, 0.25) is 5.91 Å². The van der Waals surface area contributed by atoms with Gasteiger partial charge in [0.05, 0.1) is 28.9 Å². The lowest BCUT2D eigenvalue weighted by atomic mass is 9.93. The Bertz CT molecular complexity index is 788. The van der Waals surface area contributed by atoms with Crippen LogP contribution in [-0.4, -0.2) is 65.9 Å². The summed E-state index contributed by atoms with van der Waals surface area (Å²) in [5, 5.41) is 2.87. The second kappa shape index (κ2) is 6.18. The molecule has 3 aliphatic rings. The highest BCUT2D eigenvalue weighted by atomic mass is 19.4. The predicted octanol–water partition coefficient (Wildman–Crippen LogP) is 2.41. The van der Waals surface area contributed by atoms with E-state index in [9.17, 15) is 31.1 Å². The molecule has 5 nitrogen and oxygen atoms in total. The summed E-state index contributed by atoms with van der Waals surface area (Å²) in [6.45, 7) is 3.94. The van der Waals surface area contributed by atoms with Crippen molar-refractivity contribution in [3.05, 3.63) is 23.3 Å². The number of nitrogens with zero attached hydrogens (tertiary/aromatic N) is 3. The van der Waals surface area contributed by atoms with E-state index in [1.54, 1.807) is 13.8 Å². The summed E-state index contributed by atoms with van der Waals surface area (Å²) in [4.78, 5) is 21.4. The van der Waals surface area contributed by atoms with E-state index < -0.39 is 40.8 Å². The van der Waals surface area contributed by atoms with Crippen molar-refractivity contribution in [2.75, 3.05) is 19.6 Å². The lowest BCUT2D eigenvalue weighted by molar-refractivity contribution is -0.135. The first kappa shape index (κ1) is 19.6. The number of amidine groups is 1. The molecule has 1 atom stereocenters. The molecule has 0 aromatic rings. The molecule has 2 aliphatic heterocycles. The number of fused-ring (bicyclic) bond motifs is 1. The van der Waals surface area contributed by atoms with Gasteiger partial charge >= 0.3 is 12.4 Å². The molecule has 0 radical (unpaired) electrons. The van der Waals surface area contributed by atoms with Crippen LogP contribution in [-0.2, 0) is 4.79 Å². The molecule has 1 unspecified atom stereocenters. The monoisotopic (exact) mass is 394 g/mol. The summed E-state index contributed by atoms with van der Waals surface area (Å²) >= 11 is 0. The molecule has 1 amide bonds. The standard InChI is InChI=1S/C16H16F6N4O/c1-14(2,26-4-3-23-7-11(26)27)13-24-10-6-8(15(17,18)19)5-9(12(10)25-13)16(20,21)22/h5-6,10,23H,3-4,7H2,1-2H3. The maximum Gasteiger partial charge on any atom is 0.418 e. The Morgan fingerprint density at radius 3 is 2.37 bits per heavy atom. The minimum atomic E-state index is -5.01. The summed E-state index contributed by atoms with van der Waals surface area (Å²) in [6.07, 6.45) is -9.28. The van der Waals surface area contributed by atoms with Crippen molar-refractivity contribution in [2.24, 2.45) is 9.98 Å². The van der Waals surface area contributed by atoms with Crippen LogP contribution in [0.3, 0.4) is 0 Å². The van der Waals surface area contributed by atoms with E-state index in [1.807, 2.05) is 0 Å². The average molecular weight is 394 g/mol. The average Bonchev–Trinajstić information content (AvgIpc) is 2.97. The molecule has 2 heterocycles. The van der Waals surface area contributed by atoms with Crippen LogP contribution in [0.1, 0.15) is 13.8 Å². The van der Waals surface area contributed by atoms with E-state index in [0.717, 1.165) is 0 Å². The fraction of sp³-hybridized carbons (Fsp3) is 0.562. The van der Waals surface area contributed by atoms with E-state index in [0.29, 0.717) is 12.6 Å². The Hall–Kier alpha value is -2.17. The number of carbonyl (C=O) groups excluding carboxylic acids is 1. The smallest absolute Gasteiger partial charge is 0.328 e. The molecule has 1 N–H and O–H groups in total. The number of nitrogens with one attached hydrogen (secondary N) is 1. The number of piperazine rings is 1. The lowest BCUT2D eigenvalue weighted by Crippen LogP contribution is -2.59. The second-order valence-corrected chi connectivity index (χ2v) is 6.85. The number of aliphatic imine (C=N–C) groups is 2. The maximum atomic E-state index is 13.3. The normalized spacial score (nSPS) is 24.2. The zero-order valence-electron chi connectivity index (χ0n) is 14.4. The highest BCUT2D eigenvalue weighted by Crippen LogP contribution is 2.40. The Labute approximate surface area is 150 Å². The van der Waals surface area contributed by atoms with Gasteiger partial charge in [-0.25, -0.2) is 4.99 Å². The first-order valence-corrected chi connectivity index (χ1v) is 8.08. The van der Waals surface area contributed by atoms with Crippen LogP contribution in [0, 0.1) is 0 Å². The lowest BCUT2D eigenvalue weighted by Gasteiger charge is -2.40. The molecule has 148 valence electrons. The van der Waals surface area contributed by atoms with Gasteiger partial charge in [-0.15, -0.1) is 0 Å². The van der Waals surface area contributed by atoms with Gasteiger partial charge in [-0.2, -0.15) is 26.3 Å². The van der Waals surface area contributed by atoms with Crippen molar-refractivity contribution in [3.8, 4) is 0 Å². The fourth-order valence-corrected chi connectivity index (χ4v) is 3.20. The van der Waals surface area contributed by atoms with Crippen molar-refractivity contribution in [2.45, 2.75) is 37.8 Å². The van der Waals surface area contributed by atoms with E-state index in [1.165, 1.54) is 4.90 Å². The molecule has 3 rings (SSSR count). The Morgan fingerprint density at radius 1 is 1.15 bits per heavy atom. The number of carbonyl (C=O) groups is 1. The van der Waals surface area contributed by atoms with Gasteiger partial charge in [-0.05, 0) is 26.0 Å². The number of rotatable bonds is 2. The van der Waals surface area contributed by atoms with Crippen LogP contribution < -0.4 is 5.32 Å². The molecule has 0 aromatic carbocycles. The SMILES string of the molecule is CC(C)(C1=NC2C=C(C(F)(F)F)C=C(C(F)(F)F)C2=N1)N1CCNCC1=O. The highest BCUT2D eigenvalue weighted by Gasteiger charge is 2.48. The van der Waals surface area contributed by atoms with Gasteiger partial charge < -0.3 is 10.2 Å². The Morgan fingerprint density at radius 2 is 1.81 bits per heavy atom.